The quantitative estimate of drug-likeness (QED) is 0.709. The Morgan fingerprint density at radius 1 is 1.47 bits per heavy atom. The van der Waals surface area contributed by atoms with Crippen LogP contribution in [-0.4, -0.2) is 29.8 Å². The van der Waals surface area contributed by atoms with Crippen molar-refractivity contribution in [1.29, 1.82) is 0 Å². The van der Waals surface area contributed by atoms with Crippen molar-refractivity contribution >= 4 is 5.95 Å². The third-order valence-electron chi connectivity index (χ3n) is 3.15. The smallest absolute Gasteiger partial charge is 0.202 e. The van der Waals surface area contributed by atoms with E-state index >= 15 is 0 Å². The number of nitrogens with one attached hydrogen (secondary N) is 1. The molecule has 0 saturated heterocycles. The number of methoxy groups -OCH3 is 1. The van der Waals surface area contributed by atoms with Gasteiger partial charge in [-0.15, -0.1) is 0 Å². The monoisotopic (exact) mass is 239 g/mol. The third kappa shape index (κ3) is 4.77. The maximum atomic E-state index is 5.06. The Morgan fingerprint density at radius 3 is 2.88 bits per heavy atom. The van der Waals surface area contributed by atoms with Crippen LogP contribution in [0.5, 0.6) is 0 Å². The van der Waals surface area contributed by atoms with Crippen LogP contribution in [0.15, 0.2) is 12.4 Å². The third-order valence-corrected chi connectivity index (χ3v) is 3.15. The molecule has 0 spiro atoms. The number of aromatic nitrogens is 2. The highest BCUT2D eigenvalue weighted by Crippen LogP contribution is 2.20. The molecule has 17 heavy (non-hydrogen) atoms. The summed E-state index contributed by atoms with van der Waals surface area (Å²) in [6.07, 6.45) is 6.02. The molecule has 0 aromatic carbocycles. The van der Waals surface area contributed by atoms with E-state index < -0.39 is 0 Å². The molecular weight excluding hydrogens is 214 g/mol. The lowest BCUT2D eigenvalue weighted by Gasteiger charge is -2.23. The lowest BCUT2D eigenvalue weighted by molar-refractivity contribution is 0.190. The van der Waals surface area contributed by atoms with Gasteiger partial charge in [-0.1, -0.05) is 20.8 Å². The first-order valence-electron chi connectivity index (χ1n) is 6.33. The van der Waals surface area contributed by atoms with E-state index in [1.54, 1.807) is 7.11 Å². The van der Waals surface area contributed by atoms with E-state index in [2.05, 4.69) is 35.6 Å². The topological polar surface area (TPSA) is 39.1 Å². The van der Waals surface area contributed by atoms with Gasteiger partial charge >= 0.3 is 0 Å². The Labute approximate surface area is 104 Å². The van der Waals surface area contributed by atoms with Crippen LogP contribution in [0.4, 0.5) is 5.95 Å². The number of aryl methyl sites for hydroxylation is 1. The van der Waals surface area contributed by atoms with Gasteiger partial charge in [0.2, 0.25) is 5.95 Å². The zero-order chi connectivity index (χ0) is 12.7. The summed E-state index contributed by atoms with van der Waals surface area (Å²) in [6.45, 7) is 9.43. The summed E-state index contributed by atoms with van der Waals surface area (Å²) in [5.41, 5.74) is 0.309. The number of hydrogen-bond donors (Lipinski definition) is 1. The number of anilines is 1. The van der Waals surface area contributed by atoms with Crippen molar-refractivity contribution in [1.82, 2.24) is 9.55 Å². The second kappa shape index (κ2) is 6.64. The maximum Gasteiger partial charge on any atom is 0.202 e. The summed E-state index contributed by atoms with van der Waals surface area (Å²) >= 11 is 0. The van der Waals surface area contributed by atoms with Crippen molar-refractivity contribution in [2.24, 2.45) is 5.41 Å². The molecule has 1 heterocycles. The van der Waals surface area contributed by atoms with E-state index in [-0.39, 0.29) is 0 Å². The predicted octanol–water partition coefficient (Wildman–Crippen LogP) is 2.77. The van der Waals surface area contributed by atoms with Crippen LogP contribution in [0.1, 0.15) is 33.6 Å². The molecule has 0 unspecified atom stereocenters. The molecule has 0 aliphatic carbocycles. The summed E-state index contributed by atoms with van der Waals surface area (Å²) in [7, 11) is 1.73. The molecular formula is C13H25N3O. The Morgan fingerprint density at radius 2 is 2.24 bits per heavy atom. The Hall–Kier alpha value is -1.03. The first-order valence-corrected chi connectivity index (χ1v) is 6.33. The van der Waals surface area contributed by atoms with Crippen LogP contribution >= 0.6 is 0 Å². The number of nitrogens with zero attached hydrogens (tertiary/aromatic N) is 2. The molecule has 0 bridgehead atoms. The number of hydrogen-bond acceptors (Lipinski definition) is 3. The molecule has 0 saturated carbocycles. The first-order chi connectivity index (χ1) is 8.09. The zero-order valence-corrected chi connectivity index (χ0v) is 11.5. The van der Waals surface area contributed by atoms with Crippen LogP contribution in [0.2, 0.25) is 0 Å². The predicted molar refractivity (Wildman–Crippen MR) is 71.3 cm³/mol. The van der Waals surface area contributed by atoms with Gasteiger partial charge in [-0.3, -0.25) is 0 Å². The highest BCUT2D eigenvalue weighted by molar-refractivity contribution is 5.26. The van der Waals surface area contributed by atoms with Gasteiger partial charge in [0, 0.05) is 39.2 Å². The second-order valence-electron chi connectivity index (χ2n) is 5.16. The van der Waals surface area contributed by atoms with Gasteiger partial charge in [0.25, 0.3) is 0 Å². The fraction of sp³-hybridized carbons (Fsp3) is 0.769. The van der Waals surface area contributed by atoms with E-state index in [0.29, 0.717) is 5.41 Å². The van der Waals surface area contributed by atoms with Crippen LogP contribution in [-0.2, 0) is 11.3 Å². The average molecular weight is 239 g/mol. The standard InChI is InChI=1S/C13H25N3O/c1-5-13(2,3)11-15-12-14-7-9-16(12)8-6-10-17-4/h7,9H,5-6,8,10-11H2,1-4H3,(H,14,15). The lowest BCUT2D eigenvalue weighted by Crippen LogP contribution is -2.23. The highest BCUT2D eigenvalue weighted by Gasteiger charge is 2.15. The molecule has 1 aromatic heterocycles. The largest absolute Gasteiger partial charge is 0.385 e. The van der Waals surface area contributed by atoms with E-state index in [1.807, 2.05) is 12.4 Å². The van der Waals surface area contributed by atoms with Crippen LogP contribution < -0.4 is 5.32 Å². The Bertz CT molecular complexity index is 320. The summed E-state index contributed by atoms with van der Waals surface area (Å²) in [6, 6.07) is 0. The normalized spacial score (nSPS) is 11.8. The van der Waals surface area contributed by atoms with Crippen LogP contribution in [0, 0.1) is 5.41 Å². The maximum absolute atomic E-state index is 5.06. The van der Waals surface area contributed by atoms with Crippen molar-refractivity contribution in [3.05, 3.63) is 12.4 Å². The van der Waals surface area contributed by atoms with Gasteiger partial charge in [0.1, 0.15) is 0 Å². The first kappa shape index (κ1) is 14.0. The van der Waals surface area contributed by atoms with E-state index in [1.165, 1.54) is 0 Å². The molecule has 98 valence electrons. The number of imidazole rings is 1. The van der Waals surface area contributed by atoms with Gasteiger partial charge < -0.3 is 14.6 Å². The fourth-order valence-corrected chi connectivity index (χ4v) is 1.48. The molecule has 1 N–H and O–H groups in total. The minimum absolute atomic E-state index is 0.309. The summed E-state index contributed by atoms with van der Waals surface area (Å²) < 4.78 is 7.20. The minimum atomic E-state index is 0.309. The van der Waals surface area contributed by atoms with Crippen molar-refractivity contribution in [2.75, 3.05) is 25.6 Å². The van der Waals surface area contributed by atoms with Crippen molar-refractivity contribution < 1.29 is 4.74 Å². The second-order valence-corrected chi connectivity index (χ2v) is 5.16. The van der Waals surface area contributed by atoms with Crippen molar-refractivity contribution in [3.8, 4) is 0 Å². The number of ether oxygens (including phenoxy) is 1. The van der Waals surface area contributed by atoms with Gasteiger partial charge in [0.15, 0.2) is 0 Å². The Balaban J connectivity index is 2.45. The molecule has 0 aliphatic heterocycles. The minimum Gasteiger partial charge on any atom is -0.385 e. The molecule has 0 amide bonds. The molecule has 1 rings (SSSR count). The van der Waals surface area contributed by atoms with Gasteiger partial charge in [-0.2, -0.15) is 0 Å². The molecule has 0 atom stereocenters. The van der Waals surface area contributed by atoms with Crippen molar-refractivity contribution in [3.63, 3.8) is 0 Å². The molecule has 0 radical (unpaired) electrons. The van der Waals surface area contributed by atoms with Crippen LogP contribution in [0.25, 0.3) is 0 Å². The van der Waals surface area contributed by atoms with Gasteiger partial charge in [0.05, 0.1) is 0 Å². The van der Waals surface area contributed by atoms with Gasteiger partial charge in [-0.25, -0.2) is 4.98 Å². The summed E-state index contributed by atoms with van der Waals surface area (Å²) in [4.78, 5) is 4.34. The Kier molecular flexibility index (Phi) is 5.48. The highest BCUT2D eigenvalue weighted by atomic mass is 16.5. The van der Waals surface area contributed by atoms with E-state index in [0.717, 1.165) is 38.5 Å². The molecule has 1 aromatic rings. The zero-order valence-electron chi connectivity index (χ0n) is 11.5. The molecule has 0 aliphatic rings. The van der Waals surface area contributed by atoms with Gasteiger partial charge in [-0.05, 0) is 18.3 Å². The summed E-state index contributed by atoms with van der Waals surface area (Å²) in [5.74, 6) is 0.961. The SMILES string of the molecule is CCC(C)(C)CNc1nccn1CCCOC. The van der Waals surface area contributed by atoms with E-state index in [4.69, 9.17) is 4.74 Å². The molecule has 0 fully saturated rings. The average Bonchev–Trinajstić information content (AvgIpc) is 2.75. The molecule has 4 nitrogen and oxygen atoms in total. The van der Waals surface area contributed by atoms with E-state index in [9.17, 15) is 0 Å². The fourth-order valence-electron chi connectivity index (χ4n) is 1.48. The summed E-state index contributed by atoms with van der Waals surface area (Å²) in [5, 5.41) is 3.42. The number of rotatable bonds is 8. The van der Waals surface area contributed by atoms with Crippen molar-refractivity contribution in [2.45, 2.75) is 40.2 Å². The lowest BCUT2D eigenvalue weighted by atomic mass is 9.90. The molecule has 4 heteroatoms. The van der Waals surface area contributed by atoms with Crippen LogP contribution in [0.3, 0.4) is 0 Å².